The van der Waals surface area contributed by atoms with Crippen LogP contribution in [0.4, 0.5) is 0 Å². The molecule has 1 aliphatic heterocycles. The third-order valence-electron chi connectivity index (χ3n) is 3.18. The summed E-state index contributed by atoms with van der Waals surface area (Å²) in [5.41, 5.74) is 1.97. The van der Waals surface area contributed by atoms with Crippen molar-refractivity contribution in [2.75, 3.05) is 6.79 Å². The lowest BCUT2D eigenvalue weighted by molar-refractivity contribution is 0.174. The molecule has 98 valence electrons. The molecule has 1 aromatic carbocycles. The van der Waals surface area contributed by atoms with Crippen molar-refractivity contribution in [2.45, 2.75) is 0 Å². The molecular weight excluding hydrogens is 254 g/mol. The molecular formula is C15H11N3O2. The van der Waals surface area contributed by atoms with Crippen molar-refractivity contribution in [1.29, 1.82) is 0 Å². The van der Waals surface area contributed by atoms with Gasteiger partial charge in [-0.05, 0) is 36.4 Å². The first kappa shape index (κ1) is 11.0. The van der Waals surface area contributed by atoms with Gasteiger partial charge in [-0.3, -0.25) is 0 Å². The minimum Gasteiger partial charge on any atom is -0.454 e. The summed E-state index contributed by atoms with van der Waals surface area (Å²) in [5, 5.41) is 4.34. The molecule has 0 fully saturated rings. The van der Waals surface area contributed by atoms with E-state index >= 15 is 0 Å². The molecule has 3 aromatic rings. The Hall–Kier alpha value is -2.82. The summed E-state index contributed by atoms with van der Waals surface area (Å²) < 4.78 is 12.5. The van der Waals surface area contributed by atoms with Gasteiger partial charge in [-0.1, -0.05) is 6.07 Å². The molecule has 1 aliphatic rings. The van der Waals surface area contributed by atoms with Crippen molar-refractivity contribution in [3.05, 3.63) is 54.9 Å². The zero-order valence-electron chi connectivity index (χ0n) is 10.6. The number of ether oxygens (including phenoxy) is 2. The first-order valence-electron chi connectivity index (χ1n) is 6.27. The van der Waals surface area contributed by atoms with Gasteiger partial charge >= 0.3 is 0 Å². The molecule has 0 radical (unpaired) electrons. The van der Waals surface area contributed by atoms with Crippen LogP contribution in [0.1, 0.15) is 0 Å². The normalized spacial score (nSPS) is 12.6. The maximum atomic E-state index is 5.42. The SMILES string of the molecule is c1ccc(-n2nccc2-c2ccc3c(c2)OCO3)nc1. The van der Waals surface area contributed by atoms with E-state index in [9.17, 15) is 0 Å². The van der Waals surface area contributed by atoms with Crippen molar-refractivity contribution in [2.24, 2.45) is 0 Å². The fourth-order valence-corrected chi connectivity index (χ4v) is 2.24. The maximum absolute atomic E-state index is 5.42. The Morgan fingerprint density at radius 2 is 1.90 bits per heavy atom. The minimum absolute atomic E-state index is 0.276. The van der Waals surface area contributed by atoms with E-state index < -0.39 is 0 Å². The van der Waals surface area contributed by atoms with Gasteiger partial charge in [-0.2, -0.15) is 5.10 Å². The number of nitrogens with zero attached hydrogens (tertiary/aromatic N) is 3. The Balaban J connectivity index is 1.82. The molecule has 4 rings (SSSR count). The summed E-state index contributed by atoms with van der Waals surface area (Å²) in [7, 11) is 0. The van der Waals surface area contributed by atoms with Gasteiger partial charge in [-0.25, -0.2) is 9.67 Å². The summed E-state index contributed by atoms with van der Waals surface area (Å²) in [6, 6.07) is 13.5. The Labute approximate surface area is 115 Å². The molecule has 2 aromatic heterocycles. The van der Waals surface area contributed by atoms with Crippen LogP contribution in [0.25, 0.3) is 17.1 Å². The summed E-state index contributed by atoms with van der Waals surface area (Å²) in [5.74, 6) is 2.32. The summed E-state index contributed by atoms with van der Waals surface area (Å²) in [6.45, 7) is 0.276. The van der Waals surface area contributed by atoms with Crippen LogP contribution in [0, 0.1) is 0 Å². The second-order valence-corrected chi connectivity index (χ2v) is 4.38. The maximum Gasteiger partial charge on any atom is 0.231 e. The van der Waals surface area contributed by atoms with E-state index in [-0.39, 0.29) is 6.79 Å². The summed E-state index contributed by atoms with van der Waals surface area (Å²) in [6.07, 6.45) is 3.51. The zero-order valence-corrected chi connectivity index (χ0v) is 10.6. The highest BCUT2D eigenvalue weighted by atomic mass is 16.7. The van der Waals surface area contributed by atoms with Gasteiger partial charge in [0.05, 0.1) is 11.9 Å². The lowest BCUT2D eigenvalue weighted by Gasteiger charge is -2.07. The average molecular weight is 265 g/mol. The van der Waals surface area contributed by atoms with E-state index in [2.05, 4.69) is 10.1 Å². The molecule has 0 amide bonds. The second kappa shape index (κ2) is 4.38. The van der Waals surface area contributed by atoms with Gasteiger partial charge in [-0.15, -0.1) is 0 Å². The standard InChI is InChI=1S/C15H11N3O2/c1-2-7-16-15(3-1)18-12(6-8-17-18)11-4-5-13-14(9-11)20-10-19-13/h1-9H,10H2. The number of aromatic nitrogens is 3. The number of fused-ring (bicyclic) bond motifs is 1. The van der Waals surface area contributed by atoms with Crippen molar-refractivity contribution >= 4 is 0 Å². The monoisotopic (exact) mass is 265 g/mol. The molecule has 0 bridgehead atoms. The Kier molecular flexibility index (Phi) is 2.42. The van der Waals surface area contributed by atoms with Crippen molar-refractivity contribution < 1.29 is 9.47 Å². The molecule has 20 heavy (non-hydrogen) atoms. The predicted molar refractivity (Wildman–Crippen MR) is 72.9 cm³/mol. The van der Waals surface area contributed by atoms with Gasteiger partial charge in [0, 0.05) is 11.8 Å². The van der Waals surface area contributed by atoms with Crippen molar-refractivity contribution in [3.63, 3.8) is 0 Å². The van der Waals surface area contributed by atoms with E-state index in [4.69, 9.17) is 9.47 Å². The van der Waals surface area contributed by atoms with Gasteiger partial charge in [0.1, 0.15) is 0 Å². The van der Waals surface area contributed by atoms with Crippen LogP contribution < -0.4 is 9.47 Å². The molecule has 0 spiro atoms. The Morgan fingerprint density at radius 3 is 2.80 bits per heavy atom. The van der Waals surface area contributed by atoms with E-state index in [0.717, 1.165) is 28.6 Å². The van der Waals surface area contributed by atoms with E-state index in [1.54, 1.807) is 17.1 Å². The Morgan fingerprint density at radius 1 is 0.950 bits per heavy atom. The van der Waals surface area contributed by atoms with Crippen LogP contribution in [-0.4, -0.2) is 21.6 Å². The first-order chi connectivity index (χ1) is 9.92. The third kappa shape index (κ3) is 1.72. The molecule has 0 unspecified atom stereocenters. The smallest absolute Gasteiger partial charge is 0.231 e. The van der Waals surface area contributed by atoms with Crippen LogP contribution in [0.5, 0.6) is 11.5 Å². The number of benzene rings is 1. The van der Waals surface area contributed by atoms with Gasteiger partial charge in [0.25, 0.3) is 0 Å². The number of hydrogen-bond acceptors (Lipinski definition) is 4. The highest BCUT2D eigenvalue weighted by Crippen LogP contribution is 2.36. The fraction of sp³-hybridized carbons (Fsp3) is 0.0667. The highest BCUT2D eigenvalue weighted by molar-refractivity contribution is 5.65. The van der Waals surface area contributed by atoms with E-state index in [0.29, 0.717) is 0 Å². The fourth-order valence-electron chi connectivity index (χ4n) is 2.24. The molecule has 0 aliphatic carbocycles. The van der Waals surface area contributed by atoms with E-state index in [1.807, 2.05) is 42.5 Å². The lowest BCUT2D eigenvalue weighted by Crippen LogP contribution is -2.00. The molecule has 0 atom stereocenters. The molecule has 0 saturated heterocycles. The van der Waals surface area contributed by atoms with E-state index in [1.165, 1.54) is 0 Å². The molecule has 5 nitrogen and oxygen atoms in total. The zero-order chi connectivity index (χ0) is 13.4. The topological polar surface area (TPSA) is 49.2 Å². The van der Waals surface area contributed by atoms with Crippen LogP contribution >= 0.6 is 0 Å². The van der Waals surface area contributed by atoms with Crippen molar-refractivity contribution in [3.8, 4) is 28.6 Å². The molecule has 0 saturated carbocycles. The Bertz CT molecular complexity index is 753. The van der Waals surface area contributed by atoms with Gasteiger partial charge < -0.3 is 9.47 Å². The minimum atomic E-state index is 0.276. The molecule has 3 heterocycles. The number of rotatable bonds is 2. The van der Waals surface area contributed by atoms with Crippen molar-refractivity contribution in [1.82, 2.24) is 14.8 Å². The lowest BCUT2D eigenvalue weighted by atomic mass is 10.1. The average Bonchev–Trinajstić information content (AvgIpc) is 3.16. The summed E-state index contributed by atoms with van der Waals surface area (Å²) in [4.78, 5) is 4.32. The third-order valence-corrected chi connectivity index (χ3v) is 3.18. The highest BCUT2D eigenvalue weighted by Gasteiger charge is 2.16. The van der Waals surface area contributed by atoms with Crippen LogP contribution in [0.15, 0.2) is 54.9 Å². The predicted octanol–water partition coefficient (Wildman–Crippen LogP) is 2.66. The molecule has 5 heteroatoms. The first-order valence-corrected chi connectivity index (χ1v) is 6.27. The van der Waals surface area contributed by atoms with Crippen LogP contribution in [-0.2, 0) is 0 Å². The summed E-state index contributed by atoms with van der Waals surface area (Å²) >= 11 is 0. The van der Waals surface area contributed by atoms with Crippen LogP contribution in [0.2, 0.25) is 0 Å². The van der Waals surface area contributed by atoms with Gasteiger partial charge in [0.15, 0.2) is 17.3 Å². The quantitative estimate of drug-likeness (QED) is 0.714. The van der Waals surface area contributed by atoms with Gasteiger partial charge in [0.2, 0.25) is 6.79 Å². The second-order valence-electron chi connectivity index (χ2n) is 4.38. The van der Waals surface area contributed by atoms with Crippen LogP contribution in [0.3, 0.4) is 0 Å². The molecule has 0 N–H and O–H groups in total. The number of hydrogen-bond donors (Lipinski definition) is 0. The largest absolute Gasteiger partial charge is 0.454 e. The number of pyridine rings is 1.